The summed E-state index contributed by atoms with van der Waals surface area (Å²) in [6.45, 7) is -0.130. The fourth-order valence-electron chi connectivity index (χ4n) is 2.24. The maximum absolute atomic E-state index is 15.2. The fourth-order valence-corrected chi connectivity index (χ4v) is 2.42. The van der Waals surface area contributed by atoms with Gasteiger partial charge in [0.05, 0.1) is 8.30 Å². The molecule has 2 heterocycles. The third kappa shape index (κ3) is 4.23. The second-order valence-corrected chi connectivity index (χ2v) is 6.58. The number of ether oxygens (including phenoxy) is 2. The standard InChI is InChI=1S/C15H20FN3O6S/c1-7(2)10(17)13(22)24-6-15(16)3-9(21)12(25-15)19-4-8(5-20)11(26)18-14(19)23/h4-5,7,9-10,12,21H,3,6,17H2,1-2H3,(H,18,23,26)/t9-,10+,12-,15+/m1/s1/i6D2. The summed E-state index contributed by atoms with van der Waals surface area (Å²) >= 11 is 4.79. The first-order valence-corrected chi connectivity index (χ1v) is 8.07. The third-order valence-electron chi connectivity index (χ3n) is 3.80. The van der Waals surface area contributed by atoms with Gasteiger partial charge in [0.2, 0.25) is 5.85 Å². The summed E-state index contributed by atoms with van der Waals surface area (Å²) in [5.74, 6) is -4.87. The minimum atomic E-state index is -3.31. The molecular weight excluding hydrogens is 369 g/mol. The lowest BCUT2D eigenvalue weighted by molar-refractivity contribution is -0.196. The van der Waals surface area contributed by atoms with Gasteiger partial charge in [0, 0.05) is 12.6 Å². The van der Waals surface area contributed by atoms with Gasteiger partial charge in [-0.1, -0.05) is 26.1 Å². The zero-order valence-corrected chi connectivity index (χ0v) is 14.8. The number of hydrogen-bond acceptors (Lipinski definition) is 8. The summed E-state index contributed by atoms with van der Waals surface area (Å²) in [5.41, 5.74) is 4.53. The van der Waals surface area contributed by atoms with Crippen molar-refractivity contribution in [3.8, 4) is 0 Å². The molecule has 0 unspecified atom stereocenters. The lowest BCUT2D eigenvalue weighted by Crippen LogP contribution is -2.40. The van der Waals surface area contributed by atoms with Crippen LogP contribution in [-0.2, 0) is 14.3 Å². The topological polar surface area (TPSA) is 137 Å². The van der Waals surface area contributed by atoms with Crippen LogP contribution in [-0.4, -0.2) is 51.5 Å². The molecule has 9 nitrogen and oxygen atoms in total. The largest absolute Gasteiger partial charge is 0.458 e. The molecule has 26 heavy (non-hydrogen) atoms. The number of esters is 1. The van der Waals surface area contributed by atoms with Gasteiger partial charge in [-0.05, 0) is 5.92 Å². The predicted octanol–water partition coefficient (Wildman–Crippen LogP) is 0.190. The Bertz CT molecular complexity index is 891. The fraction of sp³-hybridized carbons (Fsp3) is 0.600. The van der Waals surface area contributed by atoms with E-state index < -0.39 is 54.8 Å². The van der Waals surface area contributed by atoms with Crippen LogP contribution in [0.25, 0.3) is 0 Å². The van der Waals surface area contributed by atoms with Crippen molar-refractivity contribution < 1.29 is 31.3 Å². The first-order valence-electron chi connectivity index (χ1n) is 8.67. The molecule has 0 bridgehead atoms. The highest BCUT2D eigenvalue weighted by molar-refractivity contribution is 7.71. The van der Waals surface area contributed by atoms with Gasteiger partial charge in [-0.25, -0.2) is 9.18 Å². The molecule has 1 aromatic heterocycles. The molecule has 1 aromatic rings. The SMILES string of the molecule is [2H]C([2H])(OC(=O)[C@@H](N)C(C)C)[C@]1(F)C[C@@H](O)[C@H](n2cc(C=O)c(=S)[nH]c2=O)O1. The first-order chi connectivity index (χ1) is 12.8. The molecular formula is C15H20FN3O6S. The second-order valence-electron chi connectivity index (χ2n) is 6.17. The van der Waals surface area contributed by atoms with E-state index in [4.69, 9.17) is 25.4 Å². The van der Waals surface area contributed by atoms with Crippen molar-refractivity contribution in [3.05, 3.63) is 26.9 Å². The van der Waals surface area contributed by atoms with Gasteiger partial charge in [-0.2, -0.15) is 0 Å². The highest BCUT2D eigenvalue weighted by Gasteiger charge is 2.49. The number of aldehydes is 1. The summed E-state index contributed by atoms with van der Waals surface area (Å²) < 4.78 is 40.8. The lowest BCUT2D eigenvalue weighted by Gasteiger charge is -2.22. The Kier molecular flexibility index (Phi) is 5.20. The van der Waals surface area contributed by atoms with Crippen molar-refractivity contribution >= 4 is 24.5 Å². The number of aromatic nitrogens is 2. The zero-order chi connectivity index (χ0) is 21.4. The molecule has 0 aromatic carbocycles. The van der Waals surface area contributed by atoms with Crippen molar-refractivity contribution in [1.82, 2.24) is 9.55 Å². The maximum atomic E-state index is 15.2. The Morgan fingerprint density at radius 2 is 2.42 bits per heavy atom. The van der Waals surface area contributed by atoms with E-state index >= 15 is 4.39 Å². The summed E-state index contributed by atoms with van der Waals surface area (Å²) in [6.07, 6.45) is -3.06. The number of nitrogens with one attached hydrogen (secondary N) is 1. The van der Waals surface area contributed by atoms with Crippen LogP contribution in [0.15, 0.2) is 11.0 Å². The Balaban J connectivity index is 2.33. The monoisotopic (exact) mass is 391 g/mol. The Morgan fingerprint density at radius 3 is 3.00 bits per heavy atom. The third-order valence-corrected chi connectivity index (χ3v) is 4.14. The highest BCUT2D eigenvalue weighted by Crippen LogP contribution is 2.37. The molecule has 11 heteroatoms. The molecule has 1 fully saturated rings. The van der Waals surface area contributed by atoms with Crippen molar-refractivity contribution in [1.29, 1.82) is 0 Å². The van der Waals surface area contributed by atoms with Crippen LogP contribution in [0.4, 0.5) is 4.39 Å². The molecule has 0 spiro atoms. The number of nitrogens with zero attached hydrogens (tertiary/aromatic N) is 1. The number of aromatic amines is 1. The van der Waals surface area contributed by atoms with Crippen LogP contribution in [0.1, 0.15) is 39.6 Å². The average molecular weight is 391 g/mol. The number of aliphatic hydroxyl groups excluding tert-OH is 1. The van der Waals surface area contributed by atoms with E-state index in [9.17, 15) is 19.5 Å². The molecule has 0 aliphatic carbocycles. The molecule has 1 saturated heterocycles. The van der Waals surface area contributed by atoms with Gasteiger partial charge in [0.25, 0.3) is 0 Å². The number of nitrogens with two attached hydrogens (primary N) is 1. The molecule has 0 radical (unpaired) electrons. The average Bonchev–Trinajstić information content (AvgIpc) is 2.90. The van der Waals surface area contributed by atoms with E-state index in [2.05, 4.69) is 9.72 Å². The van der Waals surface area contributed by atoms with Crippen LogP contribution >= 0.6 is 12.2 Å². The van der Waals surface area contributed by atoms with Gasteiger partial charge in [0.1, 0.15) is 16.8 Å². The Hall–Kier alpha value is -1.95. The van der Waals surface area contributed by atoms with Crippen LogP contribution in [0.2, 0.25) is 0 Å². The molecule has 0 saturated carbocycles. The van der Waals surface area contributed by atoms with Gasteiger partial charge in [-0.15, -0.1) is 0 Å². The van der Waals surface area contributed by atoms with Crippen LogP contribution < -0.4 is 11.4 Å². The summed E-state index contributed by atoms with van der Waals surface area (Å²) in [4.78, 5) is 37.2. The number of alkyl halides is 1. The van der Waals surface area contributed by atoms with Crippen molar-refractivity contribution in [3.63, 3.8) is 0 Å². The number of rotatable bonds is 6. The van der Waals surface area contributed by atoms with E-state index in [1.807, 2.05) is 0 Å². The first kappa shape index (κ1) is 17.5. The van der Waals surface area contributed by atoms with Crippen molar-refractivity contribution in [2.45, 2.75) is 44.5 Å². The Morgan fingerprint density at radius 1 is 1.77 bits per heavy atom. The molecule has 1 aliphatic heterocycles. The quantitative estimate of drug-likeness (QED) is 0.355. The molecule has 144 valence electrons. The summed E-state index contributed by atoms with van der Waals surface area (Å²) in [7, 11) is 0. The van der Waals surface area contributed by atoms with Crippen LogP contribution in [0.3, 0.4) is 0 Å². The molecule has 2 rings (SSSR count). The van der Waals surface area contributed by atoms with Crippen LogP contribution in [0.5, 0.6) is 0 Å². The Labute approximate surface area is 155 Å². The number of halogens is 1. The number of carbonyl (C=O) groups is 2. The van der Waals surface area contributed by atoms with Crippen molar-refractivity contribution in [2.75, 3.05) is 6.56 Å². The van der Waals surface area contributed by atoms with Gasteiger partial charge < -0.3 is 20.3 Å². The molecule has 4 atom stereocenters. The summed E-state index contributed by atoms with van der Waals surface area (Å²) in [6, 6.07) is -1.20. The second kappa shape index (κ2) is 7.74. The van der Waals surface area contributed by atoms with E-state index in [-0.39, 0.29) is 10.2 Å². The number of H-pyrrole nitrogens is 1. The highest BCUT2D eigenvalue weighted by atomic mass is 32.1. The minimum Gasteiger partial charge on any atom is -0.458 e. The van der Waals surface area contributed by atoms with Crippen molar-refractivity contribution in [2.24, 2.45) is 11.7 Å². The summed E-state index contributed by atoms with van der Waals surface area (Å²) in [5, 5.41) is 10.1. The number of carbonyl (C=O) groups excluding carboxylic acids is 2. The minimum absolute atomic E-state index is 0.126. The van der Waals surface area contributed by atoms with E-state index in [1.165, 1.54) is 0 Å². The van der Waals surface area contributed by atoms with Crippen LogP contribution in [0, 0.1) is 10.6 Å². The lowest BCUT2D eigenvalue weighted by atomic mass is 10.1. The molecule has 0 amide bonds. The predicted molar refractivity (Wildman–Crippen MR) is 89.6 cm³/mol. The zero-order valence-electron chi connectivity index (χ0n) is 16.0. The molecule has 4 N–H and O–H groups in total. The van der Waals surface area contributed by atoms with E-state index in [0.717, 1.165) is 6.20 Å². The smallest absolute Gasteiger partial charge is 0.328 e. The number of hydrogen-bond donors (Lipinski definition) is 3. The van der Waals surface area contributed by atoms with Gasteiger partial charge >= 0.3 is 11.7 Å². The van der Waals surface area contributed by atoms with Gasteiger partial charge in [-0.3, -0.25) is 19.1 Å². The van der Waals surface area contributed by atoms with Gasteiger partial charge in [0.15, 0.2) is 19.1 Å². The van der Waals surface area contributed by atoms with E-state index in [0.29, 0.717) is 10.9 Å². The molecule has 1 aliphatic rings. The normalized spacial score (nSPS) is 28.4. The number of aliphatic hydroxyl groups is 1. The maximum Gasteiger partial charge on any atom is 0.328 e. The van der Waals surface area contributed by atoms with E-state index in [1.54, 1.807) is 13.8 Å².